The van der Waals surface area contributed by atoms with E-state index < -0.39 is 5.97 Å². The van der Waals surface area contributed by atoms with Gasteiger partial charge in [-0.3, -0.25) is 4.79 Å². The quantitative estimate of drug-likeness (QED) is 0.935. The topological polar surface area (TPSA) is 80.9 Å². The summed E-state index contributed by atoms with van der Waals surface area (Å²) in [7, 11) is 0. The molecule has 2 aromatic rings. The third-order valence-corrected chi connectivity index (χ3v) is 3.91. The highest BCUT2D eigenvalue weighted by molar-refractivity contribution is 5.74. The first-order valence-corrected chi connectivity index (χ1v) is 7.00. The van der Waals surface area contributed by atoms with Gasteiger partial charge in [-0.25, -0.2) is 0 Å². The molecule has 1 aliphatic rings. The fourth-order valence-electron chi connectivity index (χ4n) is 2.47. The van der Waals surface area contributed by atoms with Gasteiger partial charge in [0.2, 0.25) is 0 Å². The summed E-state index contributed by atoms with van der Waals surface area (Å²) in [4.78, 5) is 11.0. The van der Waals surface area contributed by atoms with Gasteiger partial charge in [0.25, 0.3) is 0 Å². The summed E-state index contributed by atoms with van der Waals surface area (Å²) >= 11 is 0. The predicted molar refractivity (Wildman–Crippen MR) is 76.3 cm³/mol. The largest absolute Gasteiger partial charge is 0.481 e. The van der Waals surface area contributed by atoms with Crippen LogP contribution in [0.25, 0.3) is 5.69 Å². The van der Waals surface area contributed by atoms with Gasteiger partial charge in [0.15, 0.2) is 5.82 Å². The van der Waals surface area contributed by atoms with Gasteiger partial charge in [0.1, 0.15) is 0 Å². The number of aromatic nitrogens is 4. The normalized spacial score (nSPS) is 21.3. The van der Waals surface area contributed by atoms with Crippen molar-refractivity contribution >= 4 is 5.97 Å². The molecule has 6 heteroatoms. The Morgan fingerprint density at radius 2 is 1.95 bits per heavy atom. The Bertz CT molecular complexity index is 670. The van der Waals surface area contributed by atoms with E-state index in [0.29, 0.717) is 12.2 Å². The smallest absolute Gasteiger partial charge is 0.307 e. The number of carboxylic acid groups (broad SMARTS) is 1. The van der Waals surface area contributed by atoms with Gasteiger partial charge in [-0.05, 0) is 40.0 Å². The molecule has 3 rings (SSSR count). The van der Waals surface area contributed by atoms with Crippen LogP contribution < -0.4 is 0 Å². The van der Waals surface area contributed by atoms with Crippen LogP contribution in [0.15, 0.2) is 24.3 Å². The van der Waals surface area contributed by atoms with E-state index in [0.717, 1.165) is 5.69 Å². The van der Waals surface area contributed by atoms with Gasteiger partial charge < -0.3 is 5.11 Å². The molecule has 0 amide bonds. The van der Waals surface area contributed by atoms with Crippen LogP contribution in [-0.4, -0.2) is 31.3 Å². The first-order chi connectivity index (χ1) is 9.88. The van der Waals surface area contributed by atoms with Crippen molar-refractivity contribution in [3.63, 3.8) is 0 Å². The molecule has 21 heavy (non-hydrogen) atoms. The zero-order valence-corrected chi connectivity index (χ0v) is 12.3. The molecule has 0 spiro atoms. The van der Waals surface area contributed by atoms with Crippen LogP contribution in [-0.2, 0) is 10.2 Å². The summed E-state index contributed by atoms with van der Waals surface area (Å²) in [5.41, 5.74) is 2.18. The summed E-state index contributed by atoms with van der Waals surface area (Å²) in [6, 6.07) is 8.06. The fraction of sp³-hybridized carbons (Fsp3) is 0.467. The fourth-order valence-corrected chi connectivity index (χ4v) is 2.47. The zero-order valence-electron chi connectivity index (χ0n) is 12.3. The Labute approximate surface area is 122 Å². The van der Waals surface area contributed by atoms with Gasteiger partial charge in [-0.15, -0.1) is 5.10 Å². The number of benzene rings is 1. The van der Waals surface area contributed by atoms with E-state index in [2.05, 4.69) is 48.4 Å². The van der Waals surface area contributed by atoms with E-state index in [1.54, 1.807) is 4.68 Å². The first-order valence-electron chi connectivity index (χ1n) is 7.00. The Hall–Kier alpha value is -2.24. The third-order valence-electron chi connectivity index (χ3n) is 3.91. The molecule has 0 saturated heterocycles. The molecule has 2 unspecified atom stereocenters. The Balaban J connectivity index is 1.89. The lowest BCUT2D eigenvalue weighted by Gasteiger charge is -2.19. The molecule has 1 fully saturated rings. The molecule has 2 atom stereocenters. The first kappa shape index (κ1) is 13.7. The van der Waals surface area contributed by atoms with Crippen molar-refractivity contribution in [3.05, 3.63) is 35.7 Å². The number of nitrogens with zero attached hydrogens (tertiary/aromatic N) is 4. The van der Waals surface area contributed by atoms with E-state index in [-0.39, 0.29) is 17.3 Å². The maximum Gasteiger partial charge on any atom is 0.307 e. The van der Waals surface area contributed by atoms with Gasteiger partial charge in [0.05, 0.1) is 11.6 Å². The van der Waals surface area contributed by atoms with Crippen molar-refractivity contribution in [2.45, 2.75) is 38.5 Å². The maximum atomic E-state index is 11.0. The van der Waals surface area contributed by atoms with Gasteiger partial charge in [-0.2, -0.15) is 4.68 Å². The number of hydrogen-bond donors (Lipinski definition) is 1. The lowest BCUT2D eigenvalue weighted by molar-refractivity contribution is -0.138. The van der Waals surface area contributed by atoms with Crippen LogP contribution in [0.5, 0.6) is 0 Å². The monoisotopic (exact) mass is 286 g/mol. The maximum absolute atomic E-state index is 11.0. The van der Waals surface area contributed by atoms with E-state index in [4.69, 9.17) is 5.11 Å². The highest BCUT2D eigenvalue weighted by Crippen LogP contribution is 2.46. The Morgan fingerprint density at radius 3 is 2.48 bits per heavy atom. The second-order valence-electron chi connectivity index (χ2n) is 6.53. The molecule has 1 aliphatic carbocycles. The highest BCUT2D eigenvalue weighted by Gasteiger charge is 2.47. The van der Waals surface area contributed by atoms with Crippen LogP contribution in [0.4, 0.5) is 0 Å². The molecule has 0 aliphatic heterocycles. The summed E-state index contributed by atoms with van der Waals surface area (Å²) < 4.78 is 1.64. The van der Waals surface area contributed by atoms with Crippen LogP contribution in [0.1, 0.15) is 44.5 Å². The number of aliphatic carboxylic acids is 1. The molecular formula is C15H18N4O2. The van der Waals surface area contributed by atoms with Crippen LogP contribution in [0, 0.1) is 5.92 Å². The van der Waals surface area contributed by atoms with E-state index in [9.17, 15) is 4.79 Å². The Kier molecular flexibility index (Phi) is 3.04. The second-order valence-corrected chi connectivity index (χ2v) is 6.53. The summed E-state index contributed by atoms with van der Waals surface area (Å²) in [6.45, 7) is 6.48. The minimum Gasteiger partial charge on any atom is -0.481 e. The third kappa shape index (κ3) is 2.53. The molecule has 1 N–H and O–H groups in total. The number of hydrogen-bond acceptors (Lipinski definition) is 4. The van der Waals surface area contributed by atoms with Crippen LogP contribution >= 0.6 is 0 Å². The van der Waals surface area contributed by atoms with Gasteiger partial charge in [0, 0.05) is 5.92 Å². The lowest BCUT2D eigenvalue weighted by atomic mass is 9.87. The second kappa shape index (κ2) is 4.65. The number of carbonyl (C=O) groups is 1. The van der Waals surface area contributed by atoms with Gasteiger partial charge in [-0.1, -0.05) is 32.9 Å². The molecule has 6 nitrogen and oxygen atoms in total. The van der Waals surface area contributed by atoms with Gasteiger partial charge >= 0.3 is 5.97 Å². The molecule has 0 bridgehead atoms. The van der Waals surface area contributed by atoms with Crippen molar-refractivity contribution in [3.8, 4) is 5.69 Å². The highest BCUT2D eigenvalue weighted by atomic mass is 16.4. The van der Waals surface area contributed by atoms with Crippen molar-refractivity contribution in [2.75, 3.05) is 0 Å². The minimum absolute atomic E-state index is 0.0835. The molecule has 1 saturated carbocycles. The van der Waals surface area contributed by atoms with E-state index >= 15 is 0 Å². The number of carboxylic acids is 1. The summed E-state index contributed by atoms with van der Waals surface area (Å²) in [5, 5.41) is 20.7. The number of rotatable bonds is 3. The van der Waals surface area contributed by atoms with Crippen molar-refractivity contribution < 1.29 is 9.90 Å². The predicted octanol–water partition coefficient (Wildman–Crippen LogP) is 2.15. The van der Waals surface area contributed by atoms with Crippen molar-refractivity contribution in [1.29, 1.82) is 0 Å². The van der Waals surface area contributed by atoms with Crippen molar-refractivity contribution in [2.24, 2.45) is 5.92 Å². The van der Waals surface area contributed by atoms with E-state index in [1.165, 1.54) is 5.56 Å². The van der Waals surface area contributed by atoms with Crippen LogP contribution in [0.2, 0.25) is 0 Å². The average molecular weight is 286 g/mol. The molecule has 110 valence electrons. The standard InChI is InChI=1S/C15H18N4O2/c1-15(2,3)9-4-6-10(7-5-9)19-13(16-17-18-19)11-8-12(11)14(20)21/h4-7,11-12H,8H2,1-3H3,(H,20,21). The summed E-state index contributed by atoms with van der Waals surface area (Å²) in [5.74, 6) is -0.591. The molecule has 0 radical (unpaired) electrons. The SMILES string of the molecule is CC(C)(C)c1ccc(-n2nnnc2C2CC2C(=O)O)cc1. The summed E-state index contributed by atoms with van der Waals surface area (Å²) in [6.07, 6.45) is 0.607. The molecular weight excluding hydrogens is 268 g/mol. The van der Waals surface area contributed by atoms with E-state index in [1.807, 2.05) is 12.1 Å². The zero-order chi connectivity index (χ0) is 15.2. The van der Waals surface area contributed by atoms with Crippen molar-refractivity contribution in [1.82, 2.24) is 20.2 Å². The number of tetrazole rings is 1. The minimum atomic E-state index is -0.780. The van der Waals surface area contributed by atoms with Crippen LogP contribution in [0.3, 0.4) is 0 Å². The average Bonchev–Trinajstić information content (AvgIpc) is 3.08. The molecule has 1 aromatic carbocycles. The molecule has 1 heterocycles. The Morgan fingerprint density at radius 1 is 1.29 bits per heavy atom. The molecule has 1 aromatic heterocycles. The lowest BCUT2D eigenvalue weighted by Crippen LogP contribution is -2.11.